The molecule has 73 heavy (non-hydrogen) atoms. The SMILES string of the molecule is CCN(CC)c1cc(Nc2nc(Nc3cc(N(CC)CC)c(OC)cc3/N=N/c3ccc(S(=O)(=O)O)c4ccccc34)nc(SC3CCCCC3)n2)c(/N=N/c2ccc(S(=O)(=O)O)c3ccccc23)cc1OC. The predicted octanol–water partition coefficient (Wildman–Crippen LogP) is 13.1. The summed E-state index contributed by atoms with van der Waals surface area (Å²) in [5.41, 5.74) is 3.93. The van der Waals surface area contributed by atoms with Crippen molar-refractivity contribution >= 4 is 111 Å². The van der Waals surface area contributed by atoms with E-state index in [-0.39, 0.29) is 37.7 Å². The Labute approximate surface area is 429 Å². The maximum absolute atomic E-state index is 12.3. The van der Waals surface area contributed by atoms with Gasteiger partial charge in [0, 0.05) is 65.1 Å². The standard InChI is InChI=1S/C51H57N11O8S3/c1-7-61(8-2)43-28-39(41(30-45(43)69-5)59-57-37-24-26-47(72(63,64)65)35-22-16-14-20-33(35)37)52-49-54-50(56-51(55-49)71-32-18-12-11-13-19-32)53-40-29-44(62(9-3)10-4)46(70-6)31-42(40)60-58-38-25-27-48(73(66,67)68)36-23-17-15-21-34(36)38/h14-17,20-32H,7-13,18-19H2,1-6H3,(H,63,64,65)(H,66,67,68)(H2,52,53,54,55,56)/b59-57+,60-58+. The van der Waals surface area contributed by atoms with Crippen LogP contribution in [0.5, 0.6) is 11.5 Å². The molecular weight excluding hydrogens is 991 g/mol. The fourth-order valence-corrected chi connectivity index (χ4v) is 11.4. The largest absolute Gasteiger partial charge is 0.494 e. The summed E-state index contributed by atoms with van der Waals surface area (Å²) in [6, 6.07) is 26.3. The lowest BCUT2D eigenvalue weighted by molar-refractivity contribution is 0.414. The highest BCUT2D eigenvalue weighted by atomic mass is 32.2. The van der Waals surface area contributed by atoms with Crippen LogP contribution in [-0.4, -0.2) is 86.5 Å². The van der Waals surface area contributed by atoms with E-state index in [1.165, 1.54) is 30.7 Å². The lowest BCUT2D eigenvalue weighted by Crippen LogP contribution is -2.22. The van der Waals surface area contributed by atoms with Crippen LogP contribution in [0.25, 0.3) is 21.5 Å². The molecule has 0 amide bonds. The molecule has 0 aliphatic heterocycles. The molecule has 0 unspecified atom stereocenters. The van der Waals surface area contributed by atoms with Gasteiger partial charge < -0.3 is 29.9 Å². The molecule has 1 aromatic heterocycles. The molecule has 0 spiro atoms. The summed E-state index contributed by atoms with van der Waals surface area (Å²) in [7, 11) is -5.90. The Morgan fingerprint density at radius 2 is 0.959 bits per heavy atom. The summed E-state index contributed by atoms with van der Waals surface area (Å²) in [6.45, 7) is 10.9. The Morgan fingerprint density at radius 3 is 1.34 bits per heavy atom. The van der Waals surface area contributed by atoms with Gasteiger partial charge in [-0.3, -0.25) is 9.11 Å². The highest BCUT2D eigenvalue weighted by molar-refractivity contribution is 7.99. The number of azo groups is 2. The topological polar surface area (TPSA) is 246 Å². The van der Waals surface area contributed by atoms with Gasteiger partial charge in [-0.25, -0.2) is 0 Å². The van der Waals surface area contributed by atoms with Crippen LogP contribution in [0.4, 0.5) is 57.4 Å². The summed E-state index contributed by atoms with van der Waals surface area (Å²) in [6.07, 6.45) is 5.39. The second-order valence-corrected chi connectivity index (χ2v) is 21.0. The van der Waals surface area contributed by atoms with Gasteiger partial charge in [-0.1, -0.05) is 79.6 Å². The van der Waals surface area contributed by atoms with E-state index in [0.29, 0.717) is 87.7 Å². The van der Waals surface area contributed by atoms with Crippen LogP contribution in [-0.2, 0) is 20.2 Å². The van der Waals surface area contributed by atoms with E-state index >= 15 is 0 Å². The number of benzene rings is 6. The third-order valence-electron chi connectivity index (χ3n) is 12.5. The number of rotatable bonds is 20. The van der Waals surface area contributed by atoms with Gasteiger partial charge in [0.15, 0.2) is 5.16 Å². The summed E-state index contributed by atoms with van der Waals surface area (Å²) in [5.74, 6) is 1.46. The molecule has 1 aliphatic rings. The number of nitrogens with one attached hydrogen (secondary N) is 2. The quantitative estimate of drug-likeness (QED) is 0.0409. The second-order valence-electron chi connectivity index (χ2n) is 16.9. The summed E-state index contributed by atoms with van der Waals surface area (Å²) in [5, 5.41) is 27.8. The normalized spacial score (nSPS) is 13.5. The smallest absolute Gasteiger partial charge is 0.295 e. The van der Waals surface area contributed by atoms with Gasteiger partial charge in [-0.2, -0.15) is 31.8 Å². The Bertz CT molecular complexity index is 3230. The first kappa shape index (κ1) is 52.3. The molecule has 0 saturated heterocycles. The number of aromatic nitrogens is 3. The minimum Gasteiger partial charge on any atom is -0.494 e. The molecule has 1 heterocycles. The van der Waals surface area contributed by atoms with E-state index < -0.39 is 20.2 Å². The van der Waals surface area contributed by atoms with E-state index in [0.717, 1.165) is 37.1 Å². The van der Waals surface area contributed by atoms with Crippen LogP contribution in [0.1, 0.15) is 59.8 Å². The van der Waals surface area contributed by atoms with Crippen LogP contribution >= 0.6 is 11.8 Å². The number of methoxy groups -OCH3 is 2. The number of fused-ring (bicyclic) bond motifs is 2. The Hall–Kier alpha value is -6.98. The highest BCUT2D eigenvalue weighted by Gasteiger charge is 2.23. The fraction of sp³-hybridized carbons (Fsp3) is 0.314. The zero-order valence-corrected chi connectivity index (χ0v) is 43.7. The van der Waals surface area contributed by atoms with E-state index in [4.69, 9.17) is 34.7 Å². The van der Waals surface area contributed by atoms with Crippen molar-refractivity contribution in [1.29, 1.82) is 0 Å². The maximum atomic E-state index is 12.3. The molecule has 1 aliphatic carbocycles. The summed E-state index contributed by atoms with van der Waals surface area (Å²) < 4.78 is 81.0. The van der Waals surface area contributed by atoms with Crippen LogP contribution in [0.3, 0.4) is 0 Å². The molecule has 0 atom stereocenters. The lowest BCUT2D eigenvalue weighted by atomic mass is 10.0. The van der Waals surface area contributed by atoms with Gasteiger partial charge in [0.2, 0.25) is 11.9 Å². The molecule has 1 saturated carbocycles. The predicted molar refractivity (Wildman–Crippen MR) is 288 cm³/mol. The zero-order valence-electron chi connectivity index (χ0n) is 41.3. The van der Waals surface area contributed by atoms with Crippen molar-refractivity contribution < 1.29 is 35.4 Å². The summed E-state index contributed by atoms with van der Waals surface area (Å²) in [4.78, 5) is 18.7. The van der Waals surface area contributed by atoms with Gasteiger partial charge >= 0.3 is 0 Å². The molecule has 4 N–H and O–H groups in total. The second kappa shape index (κ2) is 22.8. The van der Waals surface area contributed by atoms with Gasteiger partial charge in [0.05, 0.1) is 48.3 Å². The van der Waals surface area contributed by atoms with Crippen molar-refractivity contribution in [2.45, 2.75) is 80.0 Å². The van der Waals surface area contributed by atoms with Gasteiger partial charge in [-0.15, -0.1) is 20.5 Å². The molecule has 19 nitrogen and oxygen atoms in total. The third-order valence-corrected chi connectivity index (χ3v) is 15.6. The lowest BCUT2D eigenvalue weighted by Gasteiger charge is -2.25. The van der Waals surface area contributed by atoms with E-state index in [1.54, 1.807) is 86.6 Å². The van der Waals surface area contributed by atoms with Crippen LogP contribution in [0, 0.1) is 0 Å². The first-order valence-corrected chi connectivity index (χ1v) is 27.6. The Kier molecular flexibility index (Phi) is 16.4. The van der Waals surface area contributed by atoms with Crippen molar-refractivity contribution in [3.05, 3.63) is 97.1 Å². The van der Waals surface area contributed by atoms with E-state index in [9.17, 15) is 25.9 Å². The molecule has 8 rings (SSSR count). The molecule has 7 aromatic rings. The van der Waals surface area contributed by atoms with Crippen molar-refractivity contribution in [3.63, 3.8) is 0 Å². The molecule has 0 radical (unpaired) electrons. The summed E-state index contributed by atoms with van der Waals surface area (Å²) >= 11 is 1.58. The van der Waals surface area contributed by atoms with Crippen molar-refractivity contribution in [3.8, 4) is 11.5 Å². The minimum absolute atomic E-state index is 0.192. The highest BCUT2D eigenvalue weighted by Crippen LogP contribution is 2.44. The fourth-order valence-electron chi connectivity index (χ4n) is 8.88. The Morgan fingerprint density at radius 1 is 0.562 bits per heavy atom. The van der Waals surface area contributed by atoms with Crippen LogP contribution in [0.2, 0.25) is 0 Å². The number of hydrogen-bond donors (Lipinski definition) is 4. The van der Waals surface area contributed by atoms with Gasteiger partial charge in [0.1, 0.15) is 32.7 Å². The number of anilines is 6. The number of hydrogen-bond acceptors (Lipinski definition) is 18. The van der Waals surface area contributed by atoms with Crippen LogP contribution in [0.15, 0.2) is 132 Å². The average molecular weight is 1050 g/mol. The number of ether oxygens (including phenoxy) is 2. The minimum atomic E-state index is -4.53. The first-order valence-electron chi connectivity index (χ1n) is 23.9. The van der Waals surface area contributed by atoms with Crippen molar-refractivity contribution in [2.75, 3.05) is 60.8 Å². The monoisotopic (exact) mass is 1050 g/mol. The van der Waals surface area contributed by atoms with Crippen molar-refractivity contribution in [2.24, 2.45) is 20.5 Å². The van der Waals surface area contributed by atoms with Gasteiger partial charge in [0.25, 0.3) is 20.2 Å². The molecular formula is C51H57N11O8S3. The number of nitrogens with zero attached hydrogens (tertiary/aromatic N) is 9. The van der Waals surface area contributed by atoms with Gasteiger partial charge in [-0.05, 0) is 76.9 Å². The maximum Gasteiger partial charge on any atom is 0.295 e. The molecule has 1 fully saturated rings. The number of thioether (sulfide) groups is 1. The molecule has 0 bridgehead atoms. The van der Waals surface area contributed by atoms with Crippen LogP contribution < -0.4 is 29.9 Å². The molecule has 382 valence electrons. The first-order chi connectivity index (χ1) is 35.1. The third kappa shape index (κ3) is 11.9. The molecule has 22 heteroatoms. The van der Waals surface area contributed by atoms with E-state index in [2.05, 4.69) is 30.7 Å². The average Bonchev–Trinajstić information content (AvgIpc) is 3.38. The van der Waals surface area contributed by atoms with Crippen molar-refractivity contribution in [1.82, 2.24) is 15.0 Å². The Balaban J connectivity index is 1.26. The zero-order chi connectivity index (χ0) is 51.9. The molecule has 6 aromatic carbocycles. The van der Waals surface area contributed by atoms with E-state index in [1.807, 2.05) is 39.8 Å².